The largest absolute Gasteiger partial charge is 0.477 e. The van der Waals surface area contributed by atoms with Crippen LogP contribution < -0.4 is 9.80 Å². The fourth-order valence-electron chi connectivity index (χ4n) is 5.82. The van der Waals surface area contributed by atoms with Crippen molar-refractivity contribution in [3.63, 3.8) is 0 Å². The summed E-state index contributed by atoms with van der Waals surface area (Å²) >= 11 is 0. The Morgan fingerprint density at radius 2 is 1.76 bits per heavy atom. The number of pyridine rings is 1. The van der Waals surface area contributed by atoms with E-state index in [2.05, 4.69) is 45.9 Å². The van der Waals surface area contributed by atoms with Crippen LogP contribution in [0.2, 0.25) is 0 Å². The first kappa shape index (κ1) is 24.8. The summed E-state index contributed by atoms with van der Waals surface area (Å²) in [6.45, 7) is 15.1. The van der Waals surface area contributed by atoms with Gasteiger partial charge < -0.3 is 24.2 Å². The first-order valence-corrected chi connectivity index (χ1v) is 12.8. The molecule has 0 aliphatic carbocycles. The highest BCUT2D eigenvalue weighted by Gasteiger charge is 2.43. The quantitative estimate of drug-likeness (QED) is 0.531. The Hall–Kier alpha value is -3.88. The van der Waals surface area contributed by atoms with Gasteiger partial charge in [0, 0.05) is 62.9 Å². The van der Waals surface area contributed by atoms with E-state index in [9.17, 15) is 14.7 Å². The van der Waals surface area contributed by atoms with Crippen LogP contribution in [0.5, 0.6) is 0 Å². The Labute approximate surface area is 216 Å². The molecule has 3 aromatic rings. The number of anilines is 2. The van der Waals surface area contributed by atoms with E-state index in [0.717, 1.165) is 42.9 Å². The molecule has 3 atom stereocenters. The van der Waals surface area contributed by atoms with Crippen LogP contribution in [-0.4, -0.2) is 71.1 Å². The van der Waals surface area contributed by atoms with Crippen molar-refractivity contribution >= 4 is 34.5 Å². The van der Waals surface area contributed by atoms with Crippen LogP contribution in [-0.2, 0) is 0 Å². The number of aromatic nitrogens is 2. The highest BCUT2D eigenvalue weighted by molar-refractivity contribution is 5.94. The number of rotatable bonds is 4. The van der Waals surface area contributed by atoms with Crippen LogP contribution in [0.15, 0.2) is 47.9 Å². The minimum atomic E-state index is -1.03. The molecule has 37 heavy (non-hydrogen) atoms. The number of fused-ring (bicyclic) bond motifs is 2. The fraction of sp³-hybridized carbons (Fsp3) is 0.429. The molecule has 3 unspecified atom stereocenters. The molecule has 3 saturated heterocycles. The molecule has 0 spiro atoms. The Balaban J connectivity index is 0.00000137. The van der Waals surface area contributed by atoms with Crippen molar-refractivity contribution in [1.82, 2.24) is 14.9 Å². The predicted octanol–water partition coefficient (Wildman–Crippen LogP) is 4.09. The van der Waals surface area contributed by atoms with Gasteiger partial charge in [-0.05, 0) is 43.0 Å². The van der Waals surface area contributed by atoms with Crippen molar-refractivity contribution in [3.8, 4) is 0 Å². The van der Waals surface area contributed by atoms with Gasteiger partial charge in [-0.15, -0.1) is 13.2 Å². The third kappa shape index (κ3) is 4.65. The minimum Gasteiger partial charge on any atom is -0.477 e. The van der Waals surface area contributed by atoms with Gasteiger partial charge in [0.2, 0.25) is 0 Å². The van der Waals surface area contributed by atoms with Crippen LogP contribution >= 0.6 is 0 Å². The van der Waals surface area contributed by atoms with E-state index in [1.807, 2.05) is 24.0 Å². The summed E-state index contributed by atoms with van der Waals surface area (Å²) in [5.74, 6) is 0.939. The maximum absolute atomic E-state index is 13.3. The van der Waals surface area contributed by atoms with E-state index < -0.39 is 5.97 Å². The lowest BCUT2D eigenvalue weighted by Gasteiger charge is -2.21. The normalized spacial score (nSPS) is 22.8. The predicted molar refractivity (Wildman–Crippen MR) is 142 cm³/mol. The number of likely N-dealkylation sites (tertiary alicyclic amines) is 1. The van der Waals surface area contributed by atoms with E-state index in [4.69, 9.17) is 4.42 Å². The number of carboxylic acid groups (broad SMARTS) is 1. The van der Waals surface area contributed by atoms with Crippen molar-refractivity contribution in [3.05, 3.63) is 60.6 Å². The van der Waals surface area contributed by atoms with Gasteiger partial charge in [-0.1, -0.05) is 13.0 Å². The van der Waals surface area contributed by atoms with Gasteiger partial charge in [0.05, 0.1) is 0 Å². The van der Waals surface area contributed by atoms with E-state index in [0.29, 0.717) is 42.2 Å². The highest BCUT2D eigenvalue weighted by atomic mass is 16.4. The molecule has 9 nitrogen and oxygen atoms in total. The zero-order valence-corrected chi connectivity index (χ0v) is 21.4. The monoisotopic (exact) mass is 503 g/mol. The van der Waals surface area contributed by atoms with Crippen molar-refractivity contribution < 1.29 is 19.1 Å². The molecule has 1 N–H and O–H groups in total. The standard InChI is InChI=1S/C26H29N5O4.C2H4/c1-15-6-7-29(10-15)19-8-16(2)23-21(9-19)35-24(28-23)25(32)31-13-17-11-30(12-18(17)14-31)22-5-3-4-20(27-22)26(33)34;1-2/h3-5,8-9,15,17-18H,6-7,10-14H2,1-2H3,(H,33,34);1-2H2. The molecular formula is C28H33N5O4. The van der Waals surface area contributed by atoms with Crippen molar-refractivity contribution in [1.29, 1.82) is 0 Å². The highest BCUT2D eigenvalue weighted by Crippen LogP contribution is 2.35. The molecule has 194 valence electrons. The second kappa shape index (κ2) is 9.88. The van der Waals surface area contributed by atoms with Crippen LogP contribution in [0.3, 0.4) is 0 Å². The Morgan fingerprint density at radius 1 is 1.03 bits per heavy atom. The van der Waals surface area contributed by atoms with E-state index >= 15 is 0 Å². The van der Waals surface area contributed by atoms with Gasteiger partial charge in [-0.2, -0.15) is 0 Å². The molecular weight excluding hydrogens is 470 g/mol. The van der Waals surface area contributed by atoms with Gasteiger partial charge in [0.15, 0.2) is 11.3 Å². The van der Waals surface area contributed by atoms with Gasteiger partial charge in [-0.25, -0.2) is 14.8 Å². The SMILES string of the molecule is C=C.Cc1cc(N2CCC(C)C2)cc2oc(C(=O)N3CC4CN(c5cccc(C(=O)O)n5)CC4C3)nc12. The number of carbonyl (C=O) groups is 2. The van der Waals surface area contributed by atoms with Gasteiger partial charge in [-0.3, -0.25) is 4.79 Å². The number of hydrogen-bond acceptors (Lipinski definition) is 7. The zero-order valence-electron chi connectivity index (χ0n) is 21.4. The molecule has 9 heteroatoms. The third-order valence-corrected chi connectivity index (χ3v) is 7.69. The topological polar surface area (TPSA) is 103 Å². The Morgan fingerprint density at radius 3 is 2.41 bits per heavy atom. The van der Waals surface area contributed by atoms with E-state index in [-0.39, 0.29) is 17.5 Å². The Bertz CT molecular complexity index is 1320. The summed E-state index contributed by atoms with van der Waals surface area (Å²) in [6, 6.07) is 9.22. The smallest absolute Gasteiger partial charge is 0.354 e. The first-order valence-electron chi connectivity index (χ1n) is 12.8. The minimum absolute atomic E-state index is 0.0463. The summed E-state index contributed by atoms with van der Waals surface area (Å²) in [6.07, 6.45) is 1.19. The lowest BCUT2D eigenvalue weighted by Crippen LogP contribution is -2.33. The number of benzene rings is 1. The number of aryl methyl sites for hydroxylation is 1. The molecule has 0 radical (unpaired) electrons. The second-order valence-electron chi connectivity index (χ2n) is 10.3. The Kier molecular flexibility index (Phi) is 6.62. The number of aromatic carboxylic acids is 1. The lowest BCUT2D eigenvalue weighted by molar-refractivity contribution is 0.0689. The summed E-state index contributed by atoms with van der Waals surface area (Å²) in [4.78, 5) is 39.7. The maximum Gasteiger partial charge on any atom is 0.354 e. The number of carbonyl (C=O) groups excluding carboxylic acids is 1. The molecule has 2 aromatic heterocycles. The number of carboxylic acids is 1. The van der Waals surface area contributed by atoms with Crippen molar-refractivity contribution in [2.45, 2.75) is 20.3 Å². The molecule has 0 bridgehead atoms. The molecule has 3 aliphatic heterocycles. The lowest BCUT2D eigenvalue weighted by atomic mass is 10.0. The summed E-state index contributed by atoms with van der Waals surface area (Å²) in [5.41, 5.74) is 3.61. The number of hydrogen-bond donors (Lipinski definition) is 1. The van der Waals surface area contributed by atoms with Crippen LogP contribution in [0.25, 0.3) is 11.1 Å². The number of oxazole rings is 1. The number of nitrogens with zero attached hydrogens (tertiary/aromatic N) is 5. The molecule has 1 amide bonds. The van der Waals surface area contributed by atoms with Crippen LogP contribution in [0.4, 0.5) is 11.5 Å². The molecule has 5 heterocycles. The molecule has 3 aliphatic rings. The summed E-state index contributed by atoms with van der Waals surface area (Å²) < 4.78 is 5.99. The van der Waals surface area contributed by atoms with Gasteiger partial charge in [0.25, 0.3) is 5.89 Å². The van der Waals surface area contributed by atoms with Crippen molar-refractivity contribution in [2.75, 3.05) is 49.1 Å². The average molecular weight is 504 g/mol. The van der Waals surface area contributed by atoms with Gasteiger partial charge >= 0.3 is 11.9 Å². The third-order valence-electron chi connectivity index (χ3n) is 7.69. The zero-order chi connectivity index (χ0) is 26.3. The first-order chi connectivity index (χ1) is 17.9. The second-order valence-corrected chi connectivity index (χ2v) is 10.3. The van der Waals surface area contributed by atoms with E-state index in [1.165, 1.54) is 12.5 Å². The molecule has 6 rings (SSSR count). The molecule has 1 aromatic carbocycles. The fourth-order valence-corrected chi connectivity index (χ4v) is 5.82. The van der Waals surface area contributed by atoms with E-state index in [1.54, 1.807) is 6.07 Å². The van der Waals surface area contributed by atoms with Crippen LogP contribution in [0, 0.1) is 24.7 Å². The maximum atomic E-state index is 13.3. The number of amides is 1. The molecule has 3 fully saturated rings. The van der Waals surface area contributed by atoms with Crippen molar-refractivity contribution in [2.24, 2.45) is 17.8 Å². The van der Waals surface area contributed by atoms with Gasteiger partial charge in [0.1, 0.15) is 11.3 Å². The average Bonchev–Trinajstić information content (AvgIpc) is 3.67. The molecule has 0 saturated carbocycles. The van der Waals surface area contributed by atoms with Crippen LogP contribution in [0.1, 0.15) is 40.1 Å². The summed E-state index contributed by atoms with van der Waals surface area (Å²) in [7, 11) is 0. The summed E-state index contributed by atoms with van der Waals surface area (Å²) in [5, 5.41) is 9.23.